The predicted molar refractivity (Wildman–Crippen MR) is 150 cm³/mol. The summed E-state index contributed by atoms with van der Waals surface area (Å²) in [7, 11) is 0. The number of nitrogens with zero attached hydrogens (tertiary/aromatic N) is 4. The van der Waals surface area contributed by atoms with Gasteiger partial charge in [0.25, 0.3) is 0 Å². The van der Waals surface area contributed by atoms with E-state index >= 15 is 0 Å². The third kappa shape index (κ3) is 8.17. The average molecular weight is 647 g/mol. The number of pyridine rings is 1. The lowest BCUT2D eigenvalue weighted by Crippen LogP contribution is -2.46. The van der Waals surface area contributed by atoms with Gasteiger partial charge in [-0.3, -0.25) is 9.59 Å². The predicted octanol–water partition coefficient (Wildman–Crippen LogP) is 4.08. The molecule has 0 atom stereocenters. The number of anilines is 2. The maximum Gasteiger partial charge on any atom is 0.490 e. The van der Waals surface area contributed by atoms with Gasteiger partial charge < -0.3 is 25.2 Å². The number of carbonyl (C=O) groups is 2. The van der Waals surface area contributed by atoms with Crippen LogP contribution in [0, 0.1) is 11.8 Å². The van der Waals surface area contributed by atoms with Gasteiger partial charge in [-0.05, 0) is 37.5 Å². The Morgan fingerprint density at radius 2 is 1.80 bits per heavy atom. The fourth-order valence-electron chi connectivity index (χ4n) is 4.29. The normalized spacial score (nSPS) is 13.4. The van der Waals surface area contributed by atoms with Crippen molar-refractivity contribution < 1.29 is 41.0 Å². The Bertz CT molecular complexity index is 1670. The van der Waals surface area contributed by atoms with Crippen LogP contribution in [-0.4, -0.2) is 63.9 Å². The lowest BCUT2D eigenvalue weighted by Gasteiger charge is -2.31. The third-order valence-electron chi connectivity index (χ3n) is 6.17. The summed E-state index contributed by atoms with van der Waals surface area (Å²) in [6.45, 7) is 5.85. The highest BCUT2D eigenvalue weighted by molar-refractivity contribution is 6.33. The van der Waals surface area contributed by atoms with Gasteiger partial charge in [0.2, 0.25) is 11.3 Å². The van der Waals surface area contributed by atoms with Crippen molar-refractivity contribution in [2.24, 2.45) is 0 Å². The molecule has 1 saturated heterocycles. The van der Waals surface area contributed by atoms with Crippen LogP contribution in [0.1, 0.15) is 30.8 Å². The molecule has 236 valence electrons. The number of nitrogens with one attached hydrogen (secondary N) is 2. The monoisotopic (exact) mass is 646 g/mol. The highest BCUT2D eigenvalue weighted by Gasteiger charge is 2.38. The molecule has 17 heteroatoms. The lowest BCUT2D eigenvalue weighted by molar-refractivity contribution is -0.192. The fraction of sp³-hybridized carbons (Fsp3) is 0.370. The van der Waals surface area contributed by atoms with E-state index in [1.54, 1.807) is 11.5 Å². The molecule has 0 aliphatic carbocycles. The van der Waals surface area contributed by atoms with Crippen molar-refractivity contribution in [2.75, 3.05) is 36.4 Å². The molecule has 1 aliphatic rings. The van der Waals surface area contributed by atoms with E-state index in [4.69, 9.17) is 21.5 Å². The molecule has 4 rings (SSSR count). The number of rotatable bonds is 5. The van der Waals surface area contributed by atoms with Crippen molar-refractivity contribution in [2.45, 2.75) is 39.2 Å². The molecule has 3 heterocycles. The van der Waals surface area contributed by atoms with Gasteiger partial charge in [-0.2, -0.15) is 26.3 Å². The minimum atomic E-state index is -5.08. The number of aromatic nitrogens is 3. The maximum absolute atomic E-state index is 13.6. The number of halogens is 7. The summed E-state index contributed by atoms with van der Waals surface area (Å²) in [6, 6.07) is 2.71. The van der Waals surface area contributed by atoms with Crippen LogP contribution in [0.2, 0.25) is 5.02 Å². The highest BCUT2D eigenvalue weighted by atomic mass is 35.5. The first-order valence-corrected chi connectivity index (χ1v) is 13.2. The Balaban J connectivity index is 0.000000676. The van der Waals surface area contributed by atoms with Crippen LogP contribution in [-0.2, 0) is 28.7 Å². The number of fused-ring (bicyclic) bond motifs is 1. The zero-order chi connectivity index (χ0) is 32.8. The third-order valence-corrected chi connectivity index (χ3v) is 6.49. The van der Waals surface area contributed by atoms with Crippen molar-refractivity contribution >= 4 is 46.0 Å². The summed E-state index contributed by atoms with van der Waals surface area (Å²) in [4.78, 5) is 46.4. The number of carboxylic acid groups (broad SMARTS) is 1. The smallest absolute Gasteiger partial charge is 0.475 e. The first-order valence-electron chi connectivity index (χ1n) is 12.9. The Hall–Kier alpha value is -4.36. The molecular formula is C27H25ClF6N6O4. The van der Waals surface area contributed by atoms with Gasteiger partial charge in [0.15, 0.2) is 11.2 Å². The topological polar surface area (TPSA) is 129 Å². The molecule has 0 spiro atoms. The molecule has 0 unspecified atom stereocenters. The molecule has 2 aromatic heterocycles. The van der Waals surface area contributed by atoms with Crippen LogP contribution < -0.4 is 21.0 Å². The van der Waals surface area contributed by atoms with Gasteiger partial charge in [0.1, 0.15) is 17.9 Å². The summed E-state index contributed by atoms with van der Waals surface area (Å²) in [5.74, 6) is 2.23. The summed E-state index contributed by atoms with van der Waals surface area (Å²) in [5, 5.41) is 12.7. The molecule has 0 radical (unpaired) electrons. The summed E-state index contributed by atoms with van der Waals surface area (Å²) >= 11 is 6.02. The molecule has 0 bridgehead atoms. The minimum Gasteiger partial charge on any atom is -0.475 e. The molecule has 1 aromatic carbocycles. The van der Waals surface area contributed by atoms with E-state index in [0.29, 0.717) is 49.7 Å². The molecule has 0 saturated carbocycles. The van der Waals surface area contributed by atoms with Crippen LogP contribution in [0.5, 0.6) is 0 Å². The first-order chi connectivity index (χ1) is 20.6. The zero-order valence-electron chi connectivity index (χ0n) is 23.2. The van der Waals surface area contributed by atoms with Crippen LogP contribution in [0.25, 0.3) is 11.2 Å². The number of benzene rings is 1. The number of hydrogen-bond donors (Lipinski definition) is 3. The number of carbonyl (C=O) groups excluding carboxylic acids is 1. The number of piperazine rings is 1. The number of amides is 1. The van der Waals surface area contributed by atoms with E-state index in [9.17, 15) is 35.9 Å². The fourth-order valence-corrected chi connectivity index (χ4v) is 4.52. The summed E-state index contributed by atoms with van der Waals surface area (Å²) in [5.41, 5.74) is 0.527. The first kappa shape index (κ1) is 34.1. The van der Waals surface area contributed by atoms with Crippen molar-refractivity contribution in [1.82, 2.24) is 19.9 Å². The number of carboxylic acids is 1. The second-order valence-corrected chi connectivity index (χ2v) is 9.55. The Morgan fingerprint density at radius 1 is 1.16 bits per heavy atom. The maximum atomic E-state index is 13.6. The van der Waals surface area contributed by atoms with Crippen LogP contribution in [0.3, 0.4) is 0 Å². The van der Waals surface area contributed by atoms with E-state index in [-0.39, 0.29) is 33.8 Å². The van der Waals surface area contributed by atoms with Gasteiger partial charge in [0.05, 0.1) is 22.5 Å². The van der Waals surface area contributed by atoms with Crippen molar-refractivity contribution in [3.05, 3.63) is 56.6 Å². The molecule has 10 nitrogen and oxygen atoms in total. The van der Waals surface area contributed by atoms with Gasteiger partial charge in [-0.15, -0.1) is 0 Å². The van der Waals surface area contributed by atoms with Crippen LogP contribution in [0.15, 0.2) is 29.2 Å². The number of hydrogen-bond acceptors (Lipinski definition) is 7. The lowest BCUT2D eigenvalue weighted by atomic mass is 10.1. The Kier molecular flexibility index (Phi) is 10.8. The van der Waals surface area contributed by atoms with Gasteiger partial charge in [-0.1, -0.05) is 24.4 Å². The molecule has 1 amide bonds. The molecule has 3 aromatic rings. The van der Waals surface area contributed by atoms with Crippen LogP contribution in [0.4, 0.5) is 37.7 Å². The molecule has 3 N–H and O–H groups in total. The van der Waals surface area contributed by atoms with Crippen molar-refractivity contribution in [3.63, 3.8) is 0 Å². The van der Waals surface area contributed by atoms with Gasteiger partial charge >= 0.3 is 18.3 Å². The van der Waals surface area contributed by atoms with E-state index < -0.39 is 29.8 Å². The molecule has 44 heavy (non-hydrogen) atoms. The zero-order valence-corrected chi connectivity index (χ0v) is 23.9. The number of alkyl halides is 6. The summed E-state index contributed by atoms with van der Waals surface area (Å²) < 4.78 is 72.3. The average Bonchev–Trinajstić information content (AvgIpc) is 2.95. The van der Waals surface area contributed by atoms with Crippen molar-refractivity contribution in [1.29, 1.82) is 0 Å². The van der Waals surface area contributed by atoms with Gasteiger partial charge in [0, 0.05) is 31.9 Å². The SMILES string of the molecule is CC#Cc1cnc2c(n1)c(=O)c(N1CCNCC1)c(CC)n2CC(=O)Nc1ccc(C(F)(F)F)cc1Cl.O=C(O)C(F)(F)F. The number of aliphatic carboxylic acids is 1. The second kappa shape index (κ2) is 14.0. The van der Waals surface area contributed by atoms with E-state index in [1.807, 2.05) is 11.8 Å². The minimum absolute atomic E-state index is 0.0389. The Morgan fingerprint density at radius 3 is 2.32 bits per heavy atom. The molecule has 1 fully saturated rings. The molecular weight excluding hydrogens is 622 g/mol. The van der Waals surface area contributed by atoms with Gasteiger partial charge in [-0.25, -0.2) is 14.8 Å². The Labute approximate surface area is 251 Å². The second-order valence-electron chi connectivity index (χ2n) is 9.15. The van der Waals surface area contributed by atoms with E-state index in [2.05, 4.69) is 32.4 Å². The van der Waals surface area contributed by atoms with E-state index in [1.165, 1.54) is 6.20 Å². The largest absolute Gasteiger partial charge is 0.490 e. The highest BCUT2D eigenvalue weighted by Crippen LogP contribution is 2.34. The quantitative estimate of drug-likeness (QED) is 0.280. The van der Waals surface area contributed by atoms with Crippen LogP contribution >= 0.6 is 11.6 Å². The van der Waals surface area contributed by atoms with Crippen molar-refractivity contribution in [3.8, 4) is 11.8 Å². The summed E-state index contributed by atoms with van der Waals surface area (Å²) in [6.07, 6.45) is -7.78. The standard InChI is InChI=1S/C25H24ClF3N6O2.C2HF3O2/c1-3-5-16-13-31-24-21(32-16)23(37)22(34-10-8-30-9-11-34)19(4-2)35(24)14-20(36)33-18-7-6-15(12-17(18)26)25(27,28)29;3-2(4,5)1(6)7/h6-7,12-13,30H,4,8-11,14H2,1-2H3,(H,33,36);(H,6,7). The molecule has 1 aliphatic heterocycles. The van der Waals surface area contributed by atoms with E-state index in [0.717, 1.165) is 18.2 Å².